The molecule has 3 rings (SSSR count). The molecule has 146 valence electrons. The summed E-state index contributed by atoms with van der Waals surface area (Å²) in [6, 6.07) is 11.2. The van der Waals surface area contributed by atoms with Crippen LogP contribution in [0.2, 0.25) is 0 Å². The smallest absolute Gasteiger partial charge is 0.221 e. The first kappa shape index (κ1) is 20.0. The Hall–Kier alpha value is -2.73. The van der Waals surface area contributed by atoms with E-state index >= 15 is 0 Å². The van der Waals surface area contributed by atoms with Crippen molar-refractivity contribution >= 4 is 21.3 Å². The van der Waals surface area contributed by atoms with Crippen molar-refractivity contribution in [2.45, 2.75) is 31.1 Å². The number of fused-ring (bicyclic) bond motifs is 1. The highest BCUT2D eigenvalue weighted by molar-refractivity contribution is 7.90. The predicted octanol–water partition coefficient (Wildman–Crippen LogP) is 3.99. The van der Waals surface area contributed by atoms with E-state index in [-0.39, 0.29) is 16.6 Å². The average molecular weight is 399 g/mol. The molecule has 1 amide bonds. The van der Waals surface area contributed by atoms with Crippen LogP contribution in [0.15, 0.2) is 65.2 Å². The third-order valence-electron chi connectivity index (χ3n) is 4.89. The van der Waals surface area contributed by atoms with Gasteiger partial charge in [0.05, 0.1) is 4.90 Å². The van der Waals surface area contributed by atoms with Crippen LogP contribution in [0.1, 0.15) is 36.5 Å². The van der Waals surface area contributed by atoms with Crippen molar-refractivity contribution in [2.24, 2.45) is 0 Å². The van der Waals surface area contributed by atoms with E-state index < -0.39 is 15.8 Å². The Morgan fingerprint density at radius 2 is 1.82 bits per heavy atom. The molecule has 1 aliphatic rings. The van der Waals surface area contributed by atoms with Crippen LogP contribution in [0.5, 0.6) is 0 Å². The van der Waals surface area contributed by atoms with Crippen LogP contribution in [0.4, 0.5) is 4.39 Å². The first-order valence-electron chi connectivity index (χ1n) is 8.82. The highest BCUT2D eigenvalue weighted by Crippen LogP contribution is 2.44. The normalized spacial score (nSPS) is 14.6. The second-order valence-corrected chi connectivity index (χ2v) is 9.17. The molecule has 0 saturated heterocycles. The molecular formula is C22H22FNO3S. The van der Waals surface area contributed by atoms with Crippen molar-refractivity contribution in [1.82, 2.24) is 5.32 Å². The maximum absolute atomic E-state index is 13.9. The maximum atomic E-state index is 13.9. The number of carbonyl (C=O) groups excluding carboxylic acids is 1. The lowest BCUT2D eigenvalue weighted by Gasteiger charge is -2.24. The van der Waals surface area contributed by atoms with Gasteiger partial charge in [0, 0.05) is 24.8 Å². The highest BCUT2D eigenvalue weighted by Gasteiger charge is 2.30. The Labute approximate surface area is 164 Å². The number of allylic oxidation sites excluding steroid dienone is 2. The van der Waals surface area contributed by atoms with E-state index in [2.05, 4.69) is 11.9 Å². The Morgan fingerprint density at radius 1 is 1.18 bits per heavy atom. The fourth-order valence-corrected chi connectivity index (χ4v) is 4.34. The summed E-state index contributed by atoms with van der Waals surface area (Å²) in [7, 11) is -3.32. The van der Waals surface area contributed by atoms with Crippen LogP contribution in [0.25, 0.3) is 5.57 Å². The number of benzene rings is 2. The van der Waals surface area contributed by atoms with Crippen LogP contribution in [0.3, 0.4) is 0 Å². The fraction of sp³-hybridized carbons (Fsp3) is 0.227. The number of hydrogen-bond acceptors (Lipinski definition) is 3. The van der Waals surface area contributed by atoms with Crippen LogP contribution in [-0.4, -0.2) is 20.6 Å². The van der Waals surface area contributed by atoms with E-state index in [9.17, 15) is 17.6 Å². The molecule has 28 heavy (non-hydrogen) atoms. The van der Waals surface area contributed by atoms with Crippen molar-refractivity contribution < 1.29 is 17.6 Å². The molecule has 4 nitrogen and oxygen atoms in total. The van der Waals surface area contributed by atoms with Crippen LogP contribution < -0.4 is 5.32 Å². The number of halogens is 1. The van der Waals surface area contributed by atoms with Crippen molar-refractivity contribution in [3.63, 3.8) is 0 Å². The Kier molecular flexibility index (Phi) is 5.26. The second-order valence-electron chi connectivity index (χ2n) is 7.15. The topological polar surface area (TPSA) is 63.2 Å². The number of sulfone groups is 1. The van der Waals surface area contributed by atoms with Gasteiger partial charge in [-0.2, -0.15) is 0 Å². The minimum absolute atomic E-state index is 0.212. The van der Waals surface area contributed by atoms with Gasteiger partial charge in [0.2, 0.25) is 5.91 Å². The van der Waals surface area contributed by atoms with Crippen LogP contribution in [0, 0.1) is 5.82 Å². The van der Waals surface area contributed by atoms with Crippen molar-refractivity contribution in [2.75, 3.05) is 6.26 Å². The van der Waals surface area contributed by atoms with E-state index in [1.54, 1.807) is 18.2 Å². The molecule has 0 heterocycles. The molecule has 0 spiro atoms. The first-order chi connectivity index (χ1) is 13.1. The largest absolute Gasteiger partial charge is 0.330 e. The van der Waals surface area contributed by atoms with Gasteiger partial charge in [0.1, 0.15) is 5.82 Å². The third kappa shape index (κ3) is 3.92. The lowest BCUT2D eigenvalue weighted by atomic mass is 9.84. The quantitative estimate of drug-likeness (QED) is 0.827. The Bertz CT molecular complexity index is 1100. The zero-order valence-corrected chi connectivity index (χ0v) is 16.9. The zero-order chi connectivity index (χ0) is 20.6. The molecular weight excluding hydrogens is 377 g/mol. The molecule has 0 bridgehead atoms. The summed E-state index contributed by atoms with van der Waals surface area (Å²) in [6.45, 7) is 7.42. The van der Waals surface area contributed by atoms with Crippen LogP contribution >= 0.6 is 0 Å². The molecule has 0 aromatic heterocycles. The Morgan fingerprint density at radius 3 is 2.39 bits per heavy atom. The molecule has 1 atom stereocenters. The molecule has 0 aliphatic heterocycles. The highest BCUT2D eigenvalue weighted by atomic mass is 32.2. The lowest BCUT2D eigenvalue weighted by molar-refractivity contribution is -0.118. The van der Waals surface area contributed by atoms with E-state index in [1.807, 2.05) is 6.92 Å². The summed E-state index contributed by atoms with van der Waals surface area (Å²) in [5.74, 6) is -0.999. The number of amides is 1. The van der Waals surface area contributed by atoms with E-state index in [0.717, 1.165) is 34.1 Å². The summed E-state index contributed by atoms with van der Waals surface area (Å²) in [6.07, 6.45) is 1.84. The summed E-state index contributed by atoms with van der Waals surface area (Å²) in [5.41, 5.74) is 5.00. The summed E-state index contributed by atoms with van der Waals surface area (Å²) < 4.78 is 37.5. The maximum Gasteiger partial charge on any atom is 0.221 e. The molecule has 0 fully saturated rings. The van der Waals surface area contributed by atoms with Gasteiger partial charge in [-0.1, -0.05) is 30.4 Å². The fourth-order valence-electron chi connectivity index (χ4n) is 3.71. The van der Waals surface area contributed by atoms with Crippen molar-refractivity contribution in [3.05, 3.63) is 82.8 Å². The summed E-state index contributed by atoms with van der Waals surface area (Å²) >= 11 is 0. The van der Waals surface area contributed by atoms with Gasteiger partial charge < -0.3 is 5.32 Å². The Balaban J connectivity index is 2.14. The number of hydrogen-bond donors (Lipinski definition) is 1. The van der Waals surface area contributed by atoms with E-state index in [1.165, 1.54) is 31.2 Å². The van der Waals surface area contributed by atoms with Gasteiger partial charge in [-0.3, -0.25) is 4.79 Å². The summed E-state index contributed by atoms with van der Waals surface area (Å²) in [4.78, 5) is 11.9. The van der Waals surface area contributed by atoms with Gasteiger partial charge in [-0.05, 0) is 59.9 Å². The molecule has 2 aromatic rings. The molecule has 2 aromatic carbocycles. The SMILES string of the molecule is C=C(NC(C)=O)C(C1=C(C)Cc2ccc(F)cc21)c1ccc(S(C)(=O)=O)cc1. The zero-order valence-electron chi connectivity index (χ0n) is 16.0. The molecule has 0 saturated carbocycles. The molecule has 1 unspecified atom stereocenters. The van der Waals surface area contributed by atoms with Gasteiger partial charge in [0.25, 0.3) is 0 Å². The average Bonchev–Trinajstić information content (AvgIpc) is 2.90. The van der Waals surface area contributed by atoms with Crippen molar-refractivity contribution in [3.8, 4) is 0 Å². The molecule has 1 N–H and O–H groups in total. The minimum Gasteiger partial charge on any atom is -0.330 e. The predicted molar refractivity (Wildman–Crippen MR) is 108 cm³/mol. The molecule has 0 radical (unpaired) electrons. The van der Waals surface area contributed by atoms with E-state index in [4.69, 9.17) is 0 Å². The van der Waals surface area contributed by atoms with Gasteiger partial charge >= 0.3 is 0 Å². The first-order valence-corrected chi connectivity index (χ1v) is 10.7. The van der Waals surface area contributed by atoms with Gasteiger partial charge in [-0.25, -0.2) is 12.8 Å². The van der Waals surface area contributed by atoms with Crippen molar-refractivity contribution in [1.29, 1.82) is 0 Å². The van der Waals surface area contributed by atoms with Crippen LogP contribution in [-0.2, 0) is 21.1 Å². The lowest BCUT2D eigenvalue weighted by Crippen LogP contribution is -2.24. The number of carbonyl (C=O) groups is 1. The number of nitrogens with one attached hydrogen (secondary N) is 1. The summed E-state index contributed by atoms with van der Waals surface area (Å²) in [5, 5.41) is 2.75. The standard InChI is InChI=1S/C22H22FNO3S/c1-13-11-17-5-8-18(23)12-20(17)21(13)22(14(2)24-15(3)25)16-6-9-19(10-7-16)28(4,26)27/h5-10,12,22H,2,11H2,1,3-4H3,(H,24,25). The molecule has 1 aliphatic carbocycles. The van der Waals surface area contributed by atoms with Gasteiger partial charge in [-0.15, -0.1) is 0 Å². The second kappa shape index (κ2) is 7.36. The van der Waals surface area contributed by atoms with E-state index in [0.29, 0.717) is 12.1 Å². The van der Waals surface area contributed by atoms with Gasteiger partial charge in [0.15, 0.2) is 9.84 Å². The minimum atomic E-state index is -3.32. The molecule has 6 heteroatoms. The number of rotatable bonds is 5. The third-order valence-corrected chi connectivity index (χ3v) is 6.02. The monoisotopic (exact) mass is 399 g/mol.